The number of hydrogen-bond acceptors (Lipinski definition) is 6. The van der Waals surface area contributed by atoms with Crippen LogP contribution in [0.25, 0.3) is 0 Å². The maximum Gasteiger partial charge on any atom is 0.417 e. The number of pyridine rings is 1. The fourth-order valence-corrected chi connectivity index (χ4v) is 4.56. The maximum atomic E-state index is 13.1. The van der Waals surface area contributed by atoms with Crippen LogP contribution in [0.3, 0.4) is 0 Å². The highest BCUT2D eigenvalue weighted by Gasteiger charge is 2.37. The van der Waals surface area contributed by atoms with Gasteiger partial charge in [-0.25, -0.2) is 13.4 Å². The summed E-state index contributed by atoms with van der Waals surface area (Å²) in [6.45, 7) is 4.06. The Morgan fingerprint density at radius 3 is 2.50 bits per heavy atom. The zero-order valence-electron chi connectivity index (χ0n) is 17.2. The van der Waals surface area contributed by atoms with E-state index in [9.17, 15) is 26.4 Å². The number of rotatable bonds is 7. The molecule has 0 saturated carbocycles. The number of benzene rings is 1. The third-order valence-electron chi connectivity index (χ3n) is 4.82. The lowest BCUT2D eigenvalue weighted by Gasteiger charge is -2.27. The number of anilines is 1. The number of hydrogen-bond donors (Lipinski definition) is 2. The van der Waals surface area contributed by atoms with Gasteiger partial charge in [0.25, 0.3) is 0 Å². The smallest absolute Gasteiger partial charge is 0.378 e. The van der Waals surface area contributed by atoms with Crippen molar-refractivity contribution in [2.45, 2.75) is 30.6 Å². The lowest BCUT2D eigenvalue weighted by molar-refractivity contribution is -0.139. The molecule has 0 bridgehead atoms. The molecule has 2 aromatic rings. The van der Waals surface area contributed by atoms with Gasteiger partial charge in [0.2, 0.25) is 15.9 Å². The minimum atomic E-state index is -4.85. The summed E-state index contributed by atoms with van der Waals surface area (Å²) >= 11 is 0. The monoisotopic (exact) mass is 472 g/mol. The Labute approximate surface area is 183 Å². The summed E-state index contributed by atoms with van der Waals surface area (Å²) in [6.07, 6.45) is -3.25. The van der Waals surface area contributed by atoms with Crippen LogP contribution in [0.1, 0.15) is 18.1 Å². The van der Waals surface area contributed by atoms with Crippen molar-refractivity contribution in [2.24, 2.45) is 0 Å². The van der Waals surface area contributed by atoms with Crippen molar-refractivity contribution in [1.82, 2.24) is 15.0 Å². The predicted octanol–water partition coefficient (Wildman–Crippen LogP) is 1.92. The van der Waals surface area contributed by atoms with Crippen molar-refractivity contribution in [3.05, 3.63) is 53.7 Å². The molecular weight excluding hydrogens is 449 g/mol. The molecule has 1 aliphatic heterocycles. The van der Waals surface area contributed by atoms with Crippen LogP contribution in [0.5, 0.6) is 0 Å². The number of morpholine rings is 1. The third kappa shape index (κ3) is 5.96. The van der Waals surface area contributed by atoms with Crippen LogP contribution >= 0.6 is 0 Å². The van der Waals surface area contributed by atoms with Crippen molar-refractivity contribution in [2.75, 3.05) is 31.2 Å². The Morgan fingerprint density at radius 2 is 1.88 bits per heavy atom. The van der Waals surface area contributed by atoms with Gasteiger partial charge < -0.3 is 15.0 Å². The van der Waals surface area contributed by atoms with Crippen LogP contribution in [0, 0.1) is 0 Å². The Hall–Kier alpha value is -2.70. The van der Waals surface area contributed by atoms with Crippen LogP contribution in [0.2, 0.25) is 0 Å². The molecule has 1 aromatic heterocycles. The number of sulfonamides is 1. The Bertz CT molecular complexity index is 1040. The molecule has 174 valence electrons. The van der Waals surface area contributed by atoms with Crippen LogP contribution in [0.4, 0.5) is 19.0 Å². The molecule has 1 aliphatic rings. The van der Waals surface area contributed by atoms with E-state index in [-0.39, 0.29) is 6.54 Å². The van der Waals surface area contributed by atoms with Gasteiger partial charge in [0.1, 0.15) is 5.82 Å². The molecule has 0 radical (unpaired) electrons. The molecule has 1 saturated heterocycles. The molecule has 2 heterocycles. The average molecular weight is 472 g/mol. The SMILES string of the molecule is CC(NS(=O)(=O)c1ccccc1C(F)(F)F)C(=O)NCc1ccc(N2CCOCC2)nc1. The van der Waals surface area contributed by atoms with Gasteiger partial charge in [-0.3, -0.25) is 4.79 Å². The van der Waals surface area contributed by atoms with E-state index in [1.165, 1.54) is 13.0 Å². The van der Waals surface area contributed by atoms with E-state index in [2.05, 4.69) is 15.2 Å². The quantitative estimate of drug-likeness (QED) is 0.639. The van der Waals surface area contributed by atoms with E-state index >= 15 is 0 Å². The molecule has 32 heavy (non-hydrogen) atoms. The highest BCUT2D eigenvalue weighted by Crippen LogP contribution is 2.33. The maximum absolute atomic E-state index is 13.1. The van der Waals surface area contributed by atoms with E-state index in [0.29, 0.717) is 24.8 Å². The number of halogens is 3. The van der Waals surface area contributed by atoms with Crippen molar-refractivity contribution in [3.8, 4) is 0 Å². The van der Waals surface area contributed by atoms with Gasteiger partial charge in [0, 0.05) is 25.8 Å². The minimum Gasteiger partial charge on any atom is -0.378 e. The largest absolute Gasteiger partial charge is 0.417 e. The number of carbonyl (C=O) groups is 1. The van der Waals surface area contributed by atoms with Gasteiger partial charge in [-0.15, -0.1) is 0 Å². The average Bonchev–Trinajstić information content (AvgIpc) is 2.77. The van der Waals surface area contributed by atoms with Gasteiger partial charge in [-0.05, 0) is 30.7 Å². The molecule has 3 rings (SSSR count). The second-order valence-corrected chi connectivity index (χ2v) is 8.86. The summed E-state index contributed by atoms with van der Waals surface area (Å²) in [6, 6.07) is 6.10. The Balaban J connectivity index is 1.59. The van der Waals surface area contributed by atoms with Crippen molar-refractivity contribution in [1.29, 1.82) is 0 Å². The summed E-state index contributed by atoms with van der Waals surface area (Å²) < 4.78 is 71.7. The van der Waals surface area contributed by atoms with Crippen LogP contribution < -0.4 is 14.9 Å². The Kier molecular flexibility index (Phi) is 7.36. The van der Waals surface area contributed by atoms with Crippen LogP contribution in [-0.4, -0.2) is 51.7 Å². The van der Waals surface area contributed by atoms with Crippen LogP contribution in [-0.2, 0) is 32.3 Å². The van der Waals surface area contributed by atoms with Crippen molar-refractivity contribution >= 4 is 21.7 Å². The summed E-state index contributed by atoms with van der Waals surface area (Å²) in [4.78, 5) is 17.8. The number of nitrogens with zero attached hydrogens (tertiary/aromatic N) is 2. The molecular formula is C20H23F3N4O4S. The van der Waals surface area contributed by atoms with Gasteiger partial charge in [-0.2, -0.15) is 17.9 Å². The van der Waals surface area contributed by atoms with Crippen molar-refractivity contribution < 1.29 is 31.1 Å². The summed E-state index contributed by atoms with van der Waals surface area (Å²) in [5.74, 6) is 0.100. The minimum absolute atomic E-state index is 0.0838. The van der Waals surface area contributed by atoms with Gasteiger partial charge >= 0.3 is 6.18 Å². The first-order valence-electron chi connectivity index (χ1n) is 9.82. The Morgan fingerprint density at radius 1 is 1.19 bits per heavy atom. The van der Waals surface area contributed by atoms with E-state index in [0.717, 1.165) is 31.0 Å². The van der Waals surface area contributed by atoms with Crippen molar-refractivity contribution in [3.63, 3.8) is 0 Å². The number of amides is 1. The summed E-state index contributed by atoms with van der Waals surface area (Å²) in [5.41, 5.74) is -0.612. The predicted molar refractivity (Wildman–Crippen MR) is 110 cm³/mol. The van der Waals surface area contributed by atoms with E-state index in [1.54, 1.807) is 12.3 Å². The van der Waals surface area contributed by atoms with Gasteiger partial charge in [-0.1, -0.05) is 18.2 Å². The number of carbonyl (C=O) groups excluding carboxylic acids is 1. The van der Waals surface area contributed by atoms with Gasteiger partial charge in [0.05, 0.1) is 29.7 Å². The highest BCUT2D eigenvalue weighted by molar-refractivity contribution is 7.89. The number of ether oxygens (including phenoxy) is 1. The second kappa shape index (κ2) is 9.84. The first-order valence-corrected chi connectivity index (χ1v) is 11.3. The molecule has 8 nitrogen and oxygen atoms in total. The second-order valence-electron chi connectivity index (χ2n) is 7.18. The standard InChI is InChI=1S/C20H23F3N4O4S/c1-14(26-32(29,30)17-5-3-2-4-16(17)20(21,22)23)19(28)25-13-15-6-7-18(24-12-15)27-8-10-31-11-9-27/h2-7,12,14,26H,8-11,13H2,1H3,(H,25,28). The first-order chi connectivity index (χ1) is 15.1. The zero-order chi connectivity index (χ0) is 23.4. The van der Waals surface area contributed by atoms with E-state index in [4.69, 9.17) is 4.74 Å². The molecule has 2 N–H and O–H groups in total. The highest BCUT2D eigenvalue weighted by atomic mass is 32.2. The van der Waals surface area contributed by atoms with E-state index in [1.807, 2.05) is 10.8 Å². The topological polar surface area (TPSA) is 101 Å². The third-order valence-corrected chi connectivity index (χ3v) is 6.42. The lowest BCUT2D eigenvalue weighted by Crippen LogP contribution is -2.44. The summed E-state index contributed by atoms with van der Waals surface area (Å²) in [5, 5.41) is 2.55. The number of alkyl halides is 3. The zero-order valence-corrected chi connectivity index (χ0v) is 18.0. The molecule has 1 atom stereocenters. The molecule has 1 fully saturated rings. The lowest BCUT2D eigenvalue weighted by atomic mass is 10.2. The number of nitrogens with one attached hydrogen (secondary N) is 2. The molecule has 0 spiro atoms. The molecule has 1 unspecified atom stereocenters. The molecule has 1 amide bonds. The fraction of sp³-hybridized carbons (Fsp3) is 0.400. The molecule has 0 aliphatic carbocycles. The molecule has 12 heteroatoms. The van der Waals surface area contributed by atoms with E-state index < -0.39 is 38.6 Å². The van der Waals surface area contributed by atoms with Crippen LogP contribution in [0.15, 0.2) is 47.5 Å². The van der Waals surface area contributed by atoms with Gasteiger partial charge in [0.15, 0.2) is 0 Å². The number of aromatic nitrogens is 1. The normalized spacial score (nSPS) is 15.9. The summed E-state index contributed by atoms with van der Waals surface area (Å²) in [7, 11) is -4.58. The first kappa shape index (κ1) is 24.0. The molecule has 1 aromatic carbocycles. The fourth-order valence-electron chi connectivity index (χ4n) is 3.13.